The summed E-state index contributed by atoms with van der Waals surface area (Å²) in [5.74, 6) is 0.0725. The van der Waals surface area contributed by atoms with E-state index < -0.39 is 17.0 Å². The molecule has 0 aliphatic carbocycles. The van der Waals surface area contributed by atoms with Crippen LogP contribution in [0.15, 0.2) is 42.5 Å². The molecule has 0 aromatic heterocycles. The van der Waals surface area contributed by atoms with Crippen molar-refractivity contribution in [2.45, 2.75) is 39.2 Å². The standard InChI is InChI=1S/C18H18F3NO4/c1-3-13(4-2)25-15-9-10-17(22(23)24)16(11-15)12-5-7-14(8-6-12)26-18(19,20)21/h5-11,13H,3-4H2,1-2H3. The molecule has 0 atom stereocenters. The molecule has 0 saturated carbocycles. The number of nitro benzene ring substituents is 1. The summed E-state index contributed by atoms with van der Waals surface area (Å²) < 4.78 is 46.4. The summed E-state index contributed by atoms with van der Waals surface area (Å²) in [6, 6.07) is 9.26. The van der Waals surface area contributed by atoms with E-state index >= 15 is 0 Å². The summed E-state index contributed by atoms with van der Waals surface area (Å²) in [6.07, 6.45) is -3.25. The number of halogens is 3. The lowest BCUT2D eigenvalue weighted by molar-refractivity contribution is -0.384. The van der Waals surface area contributed by atoms with Crippen molar-refractivity contribution in [3.05, 3.63) is 52.6 Å². The third-order valence-electron chi connectivity index (χ3n) is 3.78. The van der Waals surface area contributed by atoms with Crippen molar-refractivity contribution in [3.63, 3.8) is 0 Å². The molecule has 5 nitrogen and oxygen atoms in total. The zero-order valence-electron chi connectivity index (χ0n) is 14.2. The lowest BCUT2D eigenvalue weighted by Crippen LogP contribution is -2.16. The van der Waals surface area contributed by atoms with Gasteiger partial charge in [0.05, 0.1) is 16.6 Å². The molecule has 2 aromatic carbocycles. The van der Waals surface area contributed by atoms with Gasteiger partial charge in [-0.05, 0) is 42.7 Å². The molecule has 2 rings (SSSR count). The van der Waals surface area contributed by atoms with Gasteiger partial charge in [0.2, 0.25) is 0 Å². The van der Waals surface area contributed by atoms with Gasteiger partial charge in [-0.15, -0.1) is 13.2 Å². The van der Waals surface area contributed by atoms with Gasteiger partial charge in [-0.3, -0.25) is 10.1 Å². The Hall–Kier alpha value is -2.77. The van der Waals surface area contributed by atoms with E-state index in [9.17, 15) is 23.3 Å². The maximum Gasteiger partial charge on any atom is 0.573 e. The zero-order chi connectivity index (χ0) is 19.3. The highest BCUT2D eigenvalue weighted by molar-refractivity contribution is 5.75. The predicted octanol–water partition coefficient (Wildman–Crippen LogP) is 5.73. The molecule has 8 heteroatoms. The molecular weight excluding hydrogens is 351 g/mol. The SMILES string of the molecule is CCC(CC)Oc1ccc([N+](=O)[O-])c(-c2ccc(OC(F)(F)F)cc2)c1. The van der Waals surface area contributed by atoms with E-state index in [1.54, 1.807) is 0 Å². The lowest BCUT2D eigenvalue weighted by atomic mass is 10.0. The first-order chi connectivity index (χ1) is 12.2. The predicted molar refractivity (Wildman–Crippen MR) is 90.2 cm³/mol. The van der Waals surface area contributed by atoms with Crippen LogP contribution in [0.2, 0.25) is 0 Å². The van der Waals surface area contributed by atoms with E-state index in [0.717, 1.165) is 25.0 Å². The molecule has 0 bridgehead atoms. The molecule has 0 unspecified atom stereocenters. The van der Waals surface area contributed by atoms with Crippen LogP contribution in [-0.2, 0) is 0 Å². The highest BCUT2D eigenvalue weighted by Crippen LogP contribution is 2.35. The van der Waals surface area contributed by atoms with Crippen LogP contribution >= 0.6 is 0 Å². The van der Waals surface area contributed by atoms with Gasteiger partial charge in [-0.25, -0.2) is 0 Å². The second-order valence-electron chi connectivity index (χ2n) is 5.56. The first-order valence-corrected chi connectivity index (χ1v) is 8.04. The van der Waals surface area contributed by atoms with Crippen LogP contribution in [0.1, 0.15) is 26.7 Å². The van der Waals surface area contributed by atoms with Crippen molar-refractivity contribution < 1.29 is 27.6 Å². The largest absolute Gasteiger partial charge is 0.573 e. The third-order valence-corrected chi connectivity index (χ3v) is 3.78. The second kappa shape index (κ2) is 8.07. The molecule has 0 heterocycles. The summed E-state index contributed by atoms with van der Waals surface area (Å²) >= 11 is 0. The van der Waals surface area contributed by atoms with Gasteiger partial charge >= 0.3 is 6.36 Å². The average molecular weight is 369 g/mol. The fourth-order valence-electron chi connectivity index (χ4n) is 2.46. The molecule has 140 valence electrons. The van der Waals surface area contributed by atoms with Gasteiger partial charge in [0.15, 0.2) is 0 Å². The number of alkyl halides is 3. The van der Waals surface area contributed by atoms with E-state index in [-0.39, 0.29) is 17.4 Å². The Labute approximate surface area is 148 Å². The molecule has 0 spiro atoms. The van der Waals surface area contributed by atoms with Crippen LogP contribution in [0.5, 0.6) is 11.5 Å². The summed E-state index contributed by atoms with van der Waals surface area (Å²) in [5, 5.41) is 11.3. The zero-order valence-corrected chi connectivity index (χ0v) is 14.2. The minimum absolute atomic E-state index is 0.0214. The van der Waals surface area contributed by atoms with Crippen LogP contribution < -0.4 is 9.47 Å². The number of ether oxygens (including phenoxy) is 2. The van der Waals surface area contributed by atoms with E-state index in [4.69, 9.17) is 4.74 Å². The van der Waals surface area contributed by atoms with E-state index in [0.29, 0.717) is 11.3 Å². The van der Waals surface area contributed by atoms with Crippen molar-refractivity contribution in [3.8, 4) is 22.6 Å². The number of hydrogen-bond donors (Lipinski definition) is 0. The Bertz CT molecular complexity index is 756. The van der Waals surface area contributed by atoms with Crippen LogP contribution in [-0.4, -0.2) is 17.4 Å². The summed E-state index contributed by atoms with van der Waals surface area (Å²) in [6.45, 7) is 3.94. The fraction of sp³-hybridized carbons (Fsp3) is 0.333. The molecular formula is C18H18F3NO4. The smallest absolute Gasteiger partial charge is 0.490 e. The second-order valence-corrected chi connectivity index (χ2v) is 5.56. The molecule has 0 aliphatic heterocycles. The van der Waals surface area contributed by atoms with Gasteiger partial charge in [0, 0.05) is 6.07 Å². The Morgan fingerprint density at radius 1 is 1.04 bits per heavy atom. The fourth-order valence-corrected chi connectivity index (χ4v) is 2.46. The molecule has 0 radical (unpaired) electrons. The third kappa shape index (κ3) is 5.11. The van der Waals surface area contributed by atoms with Gasteiger partial charge in [0.25, 0.3) is 5.69 Å². The van der Waals surface area contributed by atoms with Crippen molar-refractivity contribution in [2.24, 2.45) is 0 Å². The van der Waals surface area contributed by atoms with Crippen LogP contribution in [0, 0.1) is 10.1 Å². The quantitative estimate of drug-likeness (QED) is 0.462. The topological polar surface area (TPSA) is 61.6 Å². The number of rotatable bonds is 7. The number of hydrogen-bond acceptors (Lipinski definition) is 4. The Morgan fingerprint density at radius 3 is 2.12 bits per heavy atom. The molecule has 0 saturated heterocycles. The van der Waals surface area contributed by atoms with Crippen LogP contribution in [0.25, 0.3) is 11.1 Å². The molecule has 0 amide bonds. The molecule has 0 N–H and O–H groups in total. The van der Waals surface area contributed by atoms with E-state index in [2.05, 4.69) is 4.74 Å². The van der Waals surface area contributed by atoms with Crippen molar-refractivity contribution in [1.29, 1.82) is 0 Å². The van der Waals surface area contributed by atoms with Crippen molar-refractivity contribution in [2.75, 3.05) is 0 Å². The average Bonchev–Trinajstić information content (AvgIpc) is 2.58. The Morgan fingerprint density at radius 2 is 1.62 bits per heavy atom. The lowest BCUT2D eigenvalue weighted by Gasteiger charge is -2.16. The van der Waals surface area contributed by atoms with Gasteiger partial charge in [-0.1, -0.05) is 26.0 Å². The van der Waals surface area contributed by atoms with Crippen LogP contribution in [0.4, 0.5) is 18.9 Å². The highest BCUT2D eigenvalue weighted by Gasteiger charge is 2.31. The Kier molecular flexibility index (Phi) is 6.07. The normalized spacial score (nSPS) is 11.5. The number of nitro groups is 1. The number of nitrogens with zero attached hydrogens (tertiary/aromatic N) is 1. The van der Waals surface area contributed by atoms with Crippen molar-refractivity contribution in [1.82, 2.24) is 0 Å². The van der Waals surface area contributed by atoms with E-state index in [1.807, 2.05) is 13.8 Å². The Balaban J connectivity index is 2.37. The number of benzene rings is 2. The molecule has 0 aliphatic rings. The first kappa shape index (κ1) is 19.6. The van der Waals surface area contributed by atoms with Gasteiger partial charge < -0.3 is 9.47 Å². The molecule has 2 aromatic rings. The summed E-state index contributed by atoms with van der Waals surface area (Å²) in [5.41, 5.74) is 0.490. The minimum atomic E-state index is -4.80. The van der Waals surface area contributed by atoms with Crippen LogP contribution in [0.3, 0.4) is 0 Å². The summed E-state index contributed by atoms with van der Waals surface area (Å²) in [7, 11) is 0. The maximum absolute atomic E-state index is 12.2. The van der Waals surface area contributed by atoms with E-state index in [1.165, 1.54) is 30.3 Å². The van der Waals surface area contributed by atoms with Gasteiger partial charge in [-0.2, -0.15) is 0 Å². The first-order valence-electron chi connectivity index (χ1n) is 8.04. The highest BCUT2D eigenvalue weighted by atomic mass is 19.4. The molecule has 26 heavy (non-hydrogen) atoms. The monoisotopic (exact) mass is 369 g/mol. The minimum Gasteiger partial charge on any atom is -0.490 e. The van der Waals surface area contributed by atoms with Gasteiger partial charge in [0.1, 0.15) is 11.5 Å². The maximum atomic E-state index is 12.2. The molecule has 0 fully saturated rings. The summed E-state index contributed by atoms with van der Waals surface area (Å²) in [4.78, 5) is 10.7. The van der Waals surface area contributed by atoms with Crippen molar-refractivity contribution >= 4 is 5.69 Å².